The molecule has 0 amide bonds. The third-order valence-corrected chi connectivity index (χ3v) is 7.35. The van der Waals surface area contributed by atoms with Crippen molar-refractivity contribution in [2.75, 3.05) is 0 Å². The summed E-state index contributed by atoms with van der Waals surface area (Å²) < 4.78 is 23.5. The number of imidazole rings is 1. The minimum Gasteiger partial charge on any atom is -0.487 e. The maximum atomic E-state index is 14.8. The highest BCUT2D eigenvalue weighted by Crippen LogP contribution is 2.39. The van der Waals surface area contributed by atoms with Gasteiger partial charge in [0.1, 0.15) is 24.0 Å². The van der Waals surface area contributed by atoms with Crippen LogP contribution in [0, 0.1) is 18.7 Å². The smallest absolute Gasteiger partial charge is 0.307 e. The van der Waals surface area contributed by atoms with Gasteiger partial charge in [0.15, 0.2) is 0 Å². The number of aryl methyl sites for hydroxylation is 1. The second-order valence-electron chi connectivity index (χ2n) is 9.39. The van der Waals surface area contributed by atoms with Crippen LogP contribution in [-0.4, -0.2) is 25.6 Å². The Balaban J connectivity index is 1.55. The average molecular weight is 552 g/mol. The molecule has 4 aromatic rings. The summed E-state index contributed by atoms with van der Waals surface area (Å²) in [5.74, 6) is -0.534. The molecule has 1 aliphatic carbocycles. The summed E-state index contributed by atoms with van der Waals surface area (Å²) in [5.41, 5.74) is 3.92. The number of hydrogen-bond donors (Lipinski definition) is 1. The number of nitrogens with zero attached hydrogens (tertiary/aromatic N) is 3. The number of aliphatic carboxylic acids is 1. The van der Waals surface area contributed by atoms with E-state index in [1.54, 1.807) is 18.3 Å². The molecular formula is C28H27BrFN3O3. The fourth-order valence-electron chi connectivity index (χ4n) is 4.97. The number of pyridine rings is 1. The summed E-state index contributed by atoms with van der Waals surface area (Å²) in [5, 5.41) is 9.92. The van der Waals surface area contributed by atoms with E-state index in [-0.39, 0.29) is 18.3 Å². The first-order valence-electron chi connectivity index (χ1n) is 12.1. The number of carboxylic acids is 1. The number of rotatable bonds is 7. The molecule has 1 saturated carbocycles. The third-order valence-electron chi connectivity index (χ3n) is 6.86. The van der Waals surface area contributed by atoms with Crippen molar-refractivity contribution >= 4 is 32.9 Å². The van der Waals surface area contributed by atoms with E-state index in [0.29, 0.717) is 30.2 Å². The average Bonchev–Trinajstić information content (AvgIpc) is 3.23. The Morgan fingerprint density at radius 2 is 2.00 bits per heavy atom. The molecule has 6 nitrogen and oxygen atoms in total. The minimum absolute atomic E-state index is 0.236. The van der Waals surface area contributed by atoms with Crippen LogP contribution in [0.15, 0.2) is 59.2 Å². The largest absolute Gasteiger partial charge is 0.487 e. The standard InChI is InChI=1S/C28H27BrFN3O3/c1-17-6-8-20(31-14-17)16-36-21-9-11-25-26(13-21)33(15-18-12-19(29)7-10-24(18)30)27(32-25)22-4-2-3-5-23(22)28(34)35/h6-14,22-23H,2-5,15-16H2,1H3,(H,34,35)/t22-,23-/m0/s1. The Kier molecular flexibility index (Phi) is 7.05. The first-order valence-corrected chi connectivity index (χ1v) is 12.9. The van der Waals surface area contributed by atoms with Crippen molar-refractivity contribution in [3.05, 3.63) is 87.7 Å². The maximum Gasteiger partial charge on any atom is 0.307 e. The molecule has 8 heteroatoms. The lowest BCUT2D eigenvalue weighted by Crippen LogP contribution is -2.28. The fourth-order valence-corrected chi connectivity index (χ4v) is 5.38. The van der Waals surface area contributed by atoms with Crippen molar-refractivity contribution in [3.63, 3.8) is 0 Å². The third kappa shape index (κ3) is 5.14. The fraction of sp³-hybridized carbons (Fsp3) is 0.321. The first kappa shape index (κ1) is 24.4. The SMILES string of the molecule is Cc1ccc(COc2ccc3nc([C@H]4CCCC[C@@H]4C(=O)O)n(Cc4cc(Br)ccc4F)c3c2)nc1. The van der Waals surface area contributed by atoms with E-state index in [1.807, 2.05) is 41.8 Å². The van der Waals surface area contributed by atoms with Gasteiger partial charge in [0.25, 0.3) is 0 Å². The number of aromatic nitrogens is 3. The van der Waals surface area contributed by atoms with Crippen molar-refractivity contribution < 1.29 is 19.0 Å². The van der Waals surface area contributed by atoms with Crippen molar-refractivity contribution in [2.24, 2.45) is 5.92 Å². The zero-order valence-corrected chi connectivity index (χ0v) is 21.5. The quantitative estimate of drug-likeness (QED) is 0.279. The lowest BCUT2D eigenvalue weighted by atomic mass is 9.78. The molecular weight excluding hydrogens is 525 g/mol. The zero-order chi connectivity index (χ0) is 25.2. The number of halogens is 2. The van der Waals surface area contributed by atoms with E-state index in [4.69, 9.17) is 9.72 Å². The van der Waals surface area contributed by atoms with Crippen molar-refractivity contribution in [1.82, 2.24) is 14.5 Å². The molecule has 0 radical (unpaired) electrons. The number of benzene rings is 2. The molecule has 1 aliphatic rings. The van der Waals surface area contributed by atoms with Gasteiger partial charge in [0, 0.05) is 28.2 Å². The monoisotopic (exact) mass is 551 g/mol. The Morgan fingerprint density at radius 3 is 2.78 bits per heavy atom. The van der Waals surface area contributed by atoms with Crippen molar-refractivity contribution in [1.29, 1.82) is 0 Å². The Bertz CT molecular complexity index is 1400. The summed E-state index contributed by atoms with van der Waals surface area (Å²) in [6.07, 6.45) is 4.99. The van der Waals surface area contributed by atoms with E-state index in [1.165, 1.54) is 6.07 Å². The van der Waals surface area contributed by atoms with Gasteiger partial charge >= 0.3 is 5.97 Å². The molecule has 2 atom stereocenters. The first-order chi connectivity index (χ1) is 17.4. The minimum atomic E-state index is -0.804. The predicted octanol–water partition coefficient (Wildman–Crippen LogP) is 6.63. The van der Waals surface area contributed by atoms with Gasteiger partial charge in [-0.1, -0.05) is 34.8 Å². The van der Waals surface area contributed by atoms with Gasteiger partial charge in [-0.3, -0.25) is 9.78 Å². The van der Waals surface area contributed by atoms with Crippen LogP contribution in [0.3, 0.4) is 0 Å². The number of hydrogen-bond acceptors (Lipinski definition) is 4. The van der Waals surface area contributed by atoms with Crippen LogP contribution >= 0.6 is 15.9 Å². The molecule has 2 aromatic carbocycles. The summed E-state index contributed by atoms with van der Waals surface area (Å²) >= 11 is 3.44. The summed E-state index contributed by atoms with van der Waals surface area (Å²) in [7, 11) is 0. The van der Waals surface area contributed by atoms with Gasteiger partial charge in [-0.25, -0.2) is 9.37 Å². The van der Waals surface area contributed by atoms with Gasteiger partial charge in [-0.2, -0.15) is 0 Å². The normalized spacial score (nSPS) is 17.9. The van der Waals surface area contributed by atoms with Gasteiger partial charge in [0.05, 0.1) is 29.2 Å². The van der Waals surface area contributed by atoms with E-state index in [2.05, 4.69) is 20.9 Å². The van der Waals surface area contributed by atoms with Crippen LogP contribution in [0.25, 0.3) is 11.0 Å². The zero-order valence-electron chi connectivity index (χ0n) is 20.0. The van der Waals surface area contributed by atoms with Crippen molar-refractivity contribution in [2.45, 2.75) is 51.7 Å². The molecule has 0 saturated heterocycles. The number of carbonyl (C=O) groups is 1. The highest BCUT2D eigenvalue weighted by atomic mass is 79.9. The van der Waals surface area contributed by atoms with Crippen molar-refractivity contribution in [3.8, 4) is 5.75 Å². The van der Waals surface area contributed by atoms with E-state index in [0.717, 1.165) is 46.0 Å². The topological polar surface area (TPSA) is 77.2 Å². The number of carboxylic acid groups (broad SMARTS) is 1. The molecule has 0 unspecified atom stereocenters. The molecule has 36 heavy (non-hydrogen) atoms. The van der Waals surface area contributed by atoms with E-state index in [9.17, 15) is 14.3 Å². The lowest BCUT2D eigenvalue weighted by molar-refractivity contribution is -0.143. The molecule has 0 aliphatic heterocycles. The second kappa shape index (κ2) is 10.4. The van der Waals surface area contributed by atoms with Gasteiger partial charge in [-0.05, 0) is 61.7 Å². The molecule has 0 bridgehead atoms. The molecule has 2 aromatic heterocycles. The second-order valence-corrected chi connectivity index (χ2v) is 10.3. The van der Waals surface area contributed by atoms with Gasteiger partial charge in [-0.15, -0.1) is 0 Å². The predicted molar refractivity (Wildman–Crippen MR) is 139 cm³/mol. The van der Waals surface area contributed by atoms with Crippen LogP contribution in [0.2, 0.25) is 0 Å². The highest BCUT2D eigenvalue weighted by molar-refractivity contribution is 9.10. The summed E-state index contributed by atoms with van der Waals surface area (Å²) in [4.78, 5) is 21.4. The van der Waals surface area contributed by atoms with Gasteiger partial charge in [0.2, 0.25) is 0 Å². The van der Waals surface area contributed by atoms with Crippen LogP contribution in [0.5, 0.6) is 5.75 Å². The maximum absolute atomic E-state index is 14.8. The summed E-state index contributed by atoms with van der Waals surface area (Å²) in [6, 6.07) is 14.4. The molecule has 1 N–H and O–H groups in total. The Morgan fingerprint density at radius 1 is 1.17 bits per heavy atom. The van der Waals surface area contributed by atoms with Crippen LogP contribution in [0.1, 0.15) is 54.2 Å². The van der Waals surface area contributed by atoms with Crippen LogP contribution < -0.4 is 4.74 Å². The van der Waals surface area contributed by atoms with Gasteiger partial charge < -0.3 is 14.4 Å². The number of fused-ring (bicyclic) bond motifs is 1. The molecule has 0 spiro atoms. The van der Waals surface area contributed by atoms with Crippen LogP contribution in [-0.2, 0) is 17.9 Å². The number of ether oxygens (including phenoxy) is 1. The Labute approximate surface area is 217 Å². The molecule has 186 valence electrons. The molecule has 2 heterocycles. The molecule has 5 rings (SSSR count). The van der Waals surface area contributed by atoms with E-state index < -0.39 is 11.9 Å². The van der Waals surface area contributed by atoms with Crippen LogP contribution in [0.4, 0.5) is 4.39 Å². The summed E-state index contributed by atoms with van der Waals surface area (Å²) in [6.45, 7) is 2.54. The lowest BCUT2D eigenvalue weighted by Gasteiger charge is -2.28. The highest BCUT2D eigenvalue weighted by Gasteiger charge is 2.35. The Hall–Kier alpha value is -3.26. The van der Waals surface area contributed by atoms with E-state index >= 15 is 0 Å². The molecule has 1 fully saturated rings.